The predicted octanol–water partition coefficient (Wildman–Crippen LogP) is 0.162. The lowest BCUT2D eigenvalue weighted by atomic mass is 10.4. The summed E-state index contributed by atoms with van der Waals surface area (Å²) in [5, 5.41) is 4.75. The van der Waals surface area contributed by atoms with Gasteiger partial charge in [0.2, 0.25) is 0 Å². The van der Waals surface area contributed by atoms with E-state index in [0.717, 1.165) is 6.42 Å². The van der Waals surface area contributed by atoms with Crippen molar-refractivity contribution in [1.29, 1.82) is 0 Å². The van der Waals surface area contributed by atoms with E-state index in [9.17, 15) is 8.78 Å². The first-order chi connectivity index (χ1) is 4.21. The Morgan fingerprint density at radius 1 is 1.22 bits per heavy atom. The largest absolute Gasteiger partial charge is 0.314 e. The van der Waals surface area contributed by atoms with Gasteiger partial charge in [0.1, 0.15) is 0 Å². The topological polar surface area (TPSA) is 24.1 Å². The van der Waals surface area contributed by atoms with Crippen molar-refractivity contribution in [3.05, 3.63) is 0 Å². The zero-order valence-corrected chi connectivity index (χ0v) is 5.08. The van der Waals surface area contributed by atoms with Crippen molar-refractivity contribution in [2.75, 3.05) is 19.6 Å². The van der Waals surface area contributed by atoms with Gasteiger partial charge in [-0.3, -0.25) is 5.32 Å². The van der Waals surface area contributed by atoms with Gasteiger partial charge in [-0.05, 0) is 13.0 Å². The van der Waals surface area contributed by atoms with Gasteiger partial charge in [-0.2, -0.15) is 8.78 Å². The Balaban J connectivity index is 2.36. The van der Waals surface area contributed by atoms with Gasteiger partial charge in [-0.15, -0.1) is 0 Å². The van der Waals surface area contributed by atoms with Crippen LogP contribution in [0.1, 0.15) is 6.42 Å². The molecular formula is C5H10F2N2. The molecule has 0 unspecified atom stereocenters. The van der Waals surface area contributed by atoms with Crippen LogP contribution in [0.2, 0.25) is 0 Å². The highest BCUT2D eigenvalue weighted by atomic mass is 19.3. The molecule has 1 aliphatic heterocycles. The Labute approximate surface area is 52.6 Å². The van der Waals surface area contributed by atoms with Gasteiger partial charge in [0, 0.05) is 6.54 Å². The van der Waals surface area contributed by atoms with E-state index >= 15 is 0 Å². The molecule has 4 heteroatoms. The molecule has 1 saturated heterocycles. The lowest BCUT2D eigenvalue weighted by Crippen LogP contribution is -2.42. The third kappa shape index (κ3) is 2.24. The second kappa shape index (κ2) is 2.58. The van der Waals surface area contributed by atoms with E-state index in [1.165, 1.54) is 0 Å². The van der Waals surface area contributed by atoms with Crippen molar-refractivity contribution < 1.29 is 8.78 Å². The van der Waals surface area contributed by atoms with Crippen LogP contribution in [0.15, 0.2) is 0 Å². The highest BCUT2D eigenvalue weighted by Crippen LogP contribution is 2.08. The van der Waals surface area contributed by atoms with Crippen LogP contribution in [-0.4, -0.2) is 25.7 Å². The first kappa shape index (κ1) is 6.89. The van der Waals surface area contributed by atoms with Crippen molar-refractivity contribution in [3.63, 3.8) is 0 Å². The molecule has 1 fully saturated rings. The van der Waals surface area contributed by atoms with Crippen LogP contribution in [0, 0.1) is 0 Å². The Hall–Kier alpha value is -0.220. The minimum absolute atomic E-state index is 0.243. The van der Waals surface area contributed by atoms with Crippen molar-refractivity contribution >= 4 is 0 Å². The first-order valence-electron chi connectivity index (χ1n) is 3.04. The molecule has 0 amide bonds. The van der Waals surface area contributed by atoms with Crippen molar-refractivity contribution in [3.8, 4) is 0 Å². The molecule has 0 aromatic heterocycles. The van der Waals surface area contributed by atoms with Crippen molar-refractivity contribution in [1.82, 2.24) is 10.6 Å². The molecule has 54 valence electrons. The second-order valence-electron chi connectivity index (χ2n) is 2.16. The molecule has 0 bridgehead atoms. The summed E-state index contributed by atoms with van der Waals surface area (Å²) in [6.07, 6.45) is 0.773. The molecule has 0 aliphatic carbocycles. The quantitative estimate of drug-likeness (QED) is 0.463. The van der Waals surface area contributed by atoms with E-state index in [0.29, 0.717) is 13.1 Å². The standard InChI is InChI=1S/C5H10F2N2/c6-5(7)4-8-2-1-3-9-5/h8-9H,1-4H2. The number of hydrogen-bond donors (Lipinski definition) is 2. The van der Waals surface area contributed by atoms with Crippen LogP contribution in [0.3, 0.4) is 0 Å². The predicted molar refractivity (Wildman–Crippen MR) is 30.4 cm³/mol. The molecule has 0 spiro atoms. The zero-order chi connectivity index (χ0) is 6.74. The Morgan fingerprint density at radius 3 is 2.78 bits per heavy atom. The molecule has 9 heavy (non-hydrogen) atoms. The molecule has 0 radical (unpaired) electrons. The van der Waals surface area contributed by atoms with E-state index in [1.54, 1.807) is 0 Å². The Bertz CT molecular complexity index is 85.0. The summed E-state index contributed by atoms with van der Waals surface area (Å²) < 4.78 is 24.6. The smallest absolute Gasteiger partial charge is 0.310 e. The third-order valence-corrected chi connectivity index (χ3v) is 1.26. The normalized spacial score (nSPS) is 27.3. The fourth-order valence-corrected chi connectivity index (χ4v) is 0.793. The van der Waals surface area contributed by atoms with Crippen LogP contribution in [-0.2, 0) is 0 Å². The maximum Gasteiger partial charge on any atom is 0.314 e. The molecule has 1 heterocycles. The SMILES string of the molecule is FC1(F)CNCCCN1. The fraction of sp³-hybridized carbons (Fsp3) is 1.00. The lowest BCUT2D eigenvalue weighted by Gasteiger charge is -2.13. The Morgan fingerprint density at radius 2 is 2.00 bits per heavy atom. The Kier molecular flexibility index (Phi) is 1.97. The highest BCUT2D eigenvalue weighted by molar-refractivity contribution is 4.70. The van der Waals surface area contributed by atoms with E-state index in [4.69, 9.17) is 0 Å². The minimum atomic E-state index is -2.70. The van der Waals surface area contributed by atoms with Gasteiger partial charge in [-0.1, -0.05) is 0 Å². The summed E-state index contributed by atoms with van der Waals surface area (Å²) in [6, 6.07) is -2.70. The molecule has 0 aromatic carbocycles. The van der Waals surface area contributed by atoms with Crippen LogP contribution in [0.25, 0.3) is 0 Å². The lowest BCUT2D eigenvalue weighted by molar-refractivity contribution is -0.0260. The number of halogens is 2. The van der Waals surface area contributed by atoms with E-state index in [2.05, 4.69) is 10.6 Å². The second-order valence-corrected chi connectivity index (χ2v) is 2.16. The zero-order valence-electron chi connectivity index (χ0n) is 5.08. The highest BCUT2D eigenvalue weighted by Gasteiger charge is 2.28. The number of hydrogen-bond acceptors (Lipinski definition) is 2. The van der Waals surface area contributed by atoms with Crippen LogP contribution in [0.4, 0.5) is 8.78 Å². The van der Waals surface area contributed by atoms with Gasteiger partial charge < -0.3 is 5.32 Å². The summed E-state index contributed by atoms with van der Waals surface area (Å²) in [5.74, 6) is 0. The van der Waals surface area contributed by atoms with Crippen LogP contribution < -0.4 is 10.6 Å². The van der Waals surface area contributed by atoms with Gasteiger partial charge in [0.15, 0.2) is 0 Å². The first-order valence-corrected chi connectivity index (χ1v) is 3.04. The van der Waals surface area contributed by atoms with Gasteiger partial charge in [0.25, 0.3) is 0 Å². The molecule has 2 nitrogen and oxygen atoms in total. The van der Waals surface area contributed by atoms with E-state index in [-0.39, 0.29) is 6.54 Å². The summed E-state index contributed by atoms with van der Waals surface area (Å²) in [5.41, 5.74) is 0. The molecule has 0 aromatic rings. The van der Waals surface area contributed by atoms with Gasteiger partial charge >= 0.3 is 6.05 Å². The van der Waals surface area contributed by atoms with Gasteiger partial charge in [0.05, 0.1) is 6.54 Å². The summed E-state index contributed by atoms with van der Waals surface area (Å²) in [7, 11) is 0. The van der Waals surface area contributed by atoms with Crippen LogP contribution in [0.5, 0.6) is 0 Å². The molecule has 1 aliphatic rings. The van der Waals surface area contributed by atoms with E-state index < -0.39 is 6.05 Å². The molecule has 0 atom stereocenters. The van der Waals surface area contributed by atoms with Gasteiger partial charge in [-0.25, -0.2) is 0 Å². The maximum absolute atomic E-state index is 12.3. The molecule has 0 saturated carbocycles. The monoisotopic (exact) mass is 136 g/mol. The average molecular weight is 136 g/mol. The molecule has 1 rings (SSSR count). The summed E-state index contributed by atoms with van der Waals surface area (Å²) in [4.78, 5) is 0. The number of alkyl halides is 2. The van der Waals surface area contributed by atoms with Crippen molar-refractivity contribution in [2.24, 2.45) is 0 Å². The minimum Gasteiger partial charge on any atom is -0.310 e. The number of nitrogens with one attached hydrogen (secondary N) is 2. The summed E-state index contributed by atoms with van der Waals surface area (Å²) >= 11 is 0. The van der Waals surface area contributed by atoms with Crippen LogP contribution >= 0.6 is 0 Å². The van der Waals surface area contributed by atoms with E-state index in [1.807, 2.05) is 0 Å². The molecular weight excluding hydrogens is 126 g/mol. The van der Waals surface area contributed by atoms with Crippen molar-refractivity contribution in [2.45, 2.75) is 12.5 Å². The molecule has 2 N–H and O–H groups in total. The summed E-state index contributed by atoms with van der Waals surface area (Å²) in [6.45, 7) is 0.843. The number of rotatable bonds is 0. The fourth-order valence-electron chi connectivity index (χ4n) is 0.793. The third-order valence-electron chi connectivity index (χ3n) is 1.26. The maximum atomic E-state index is 12.3. The average Bonchev–Trinajstić information content (AvgIpc) is 1.92.